The van der Waals surface area contributed by atoms with Crippen LogP contribution in [0.15, 0.2) is 24.4 Å². The summed E-state index contributed by atoms with van der Waals surface area (Å²) in [6.07, 6.45) is 1.72. The van der Waals surface area contributed by atoms with Crippen LogP contribution in [-0.4, -0.2) is 27.3 Å². The highest BCUT2D eigenvalue weighted by molar-refractivity contribution is 5.83. The molecular formula is C10H11N3O2. The van der Waals surface area contributed by atoms with E-state index in [4.69, 9.17) is 5.11 Å². The van der Waals surface area contributed by atoms with Crippen molar-refractivity contribution in [1.29, 1.82) is 0 Å². The molecule has 3 N–H and O–H groups in total. The minimum absolute atomic E-state index is 0.606. The SMILES string of the molecule is CC(Nc1ccc2cn[nH]c2c1)C(=O)O. The number of aromatic nitrogens is 2. The molecule has 0 radical (unpaired) electrons. The number of nitrogens with zero attached hydrogens (tertiary/aromatic N) is 1. The maximum absolute atomic E-state index is 10.6. The number of carboxylic acid groups (broad SMARTS) is 1. The standard InChI is InChI=1S/C10H11N3O2/c1-6(10(14)15)12-8-3-2-7-5-11-13-9(7)4-8/h2-6,12H,1H3,(H,11,13)(H,14,15). The minimum Gasteiger partial charge on any atom is -0.480 e. The highest BCUT2D eigenvalue weighted by Gasteiger charge is 2.10. The van der Waals surface area contributed by atoms with Gasteiger partial charge in [-0.3, -0.25) is 9.89 Å². The lowest BCUT2D eigenvalue weighted by Crippen LogP contribution is -2.25. The first kappa shape index (κ1) is 9.51. The van der Waals surface area contributed by atoms with Crippen molar-refractivity contribution in [2.24, 2.45) is 0 Å². The molecule has 1 aromatic carbocycles. The van der Waals surface area contributed by atoms with E-state index in [-0.39, 0.29) is 0 Å². The van der Waals surface area contributed by atoms with Crippen molar-refractivity contribution < 1.29 is 9.90 Å². The Morgan fingerprint density at radius 2 is 2.40 bits per heavy atom. The fourth-order valence-corrected chi connectivity index (χ4v) is 1.34. The summed E-state index contributed by atoms with van der Waals surface area (Å²) in [7, 11) is 0. The van der Waals surface area contributed by atoms with E-state index in [1.165, 1.54) is 0 Å². The Balaban J connectivity index is 2.24. The molecule has 1 atom stereocenters. The molecule has 0 aliphatic carbocycles. The Bertz CT molecular complexity index is 492. The molecule has 0 aliphatic rings. The molecule has 2 rings (SSSR count). The molecule has 0 fully saturated rings. The van der Waals surface area contributed by atoms with E-state index in [0.717, 1.165) is 16.6 Å². The quantitative estimate of drug-likeness (QED) is 0.708. The van der Waals surface area contributed by atoms with Crippen LogP contribution in [0.4, 0.5) is 5.69 Å². The highest BCUT2D eigenvalue weighted by Crippen LogP contribution is 2.17. The Morgan fingerprint density at radius 3 is 3.13 bits per heavy atom. The maximum Gasteiger partial charge on any atom is 0.325 e. The van der Waals surface area contributed by atoms with Crippen molar-refractivity contribution in [1.82, 2.24) is 10.2 Å². The van der Waals surface area contributed by atoms with E-state index >= 15 is 0 Å². The number of aromatic amines is 1. The second kappa shape index (κ2) is 3.61. The first-order valence-electron chi connectivity index (χ1n) is 4.59. The summed E-state index contributed by atoms with van der Waals surface area (Å²) in [5.41, 5.74) is 1.65. The third kappa shape index (κ3) is 1.90. The van der Waals surface area contributed by atoms with E-state index in [0.29, 0.717) is 0 Å². The van der Waals surface area contributed by atoms with Gasteiger partial charge in [-0.25, -0.2) is 0 Å². The molecule has 0 saturated heterocycles. The first-order valence-corrected chi connectivity index (χ1v) is 4.59. The highest BCUT2D eigenvalue weighted by atomic mass is 16.4. The van der Waals surface area contributed by atoms with Crippen LogP contribution in [0.3, 0.4) is 0 Å². The Labute approximate surface area is 86.1 Å². The molecule has 2 aromatic rings. The first-order chi connectivity index (χ1) is 7.16. The second-order valence-corrected chi connectivity index (χ2v) is 3.38. The van der Waals surface area contributed by atoms with Crippen molar-refractivity contribution in [2.45, 2.75) is 13.0 Å². The van der Waals surface area contributed by atoms with Crippen molar-refractivity contribution in [3.05, 3.63) is 24.4 Å². The van der Waals surface area contributed by atoms with Crippen LogP contribution in [0.5, 0.6) is 0 Å². The van der Waals surface area contributed by atoms with E-state index in [1.54, 1.807) is 13.1 Å². The number of anilines is 1. The monoisotopic (exact) mass is 205 g/mol. The number of hydrogen-bond acceptors (Lipinski definition) is 3. The van der Waals surface area contributed by atoms with Gasteiger partial charge >= 0.3 is 5.97 Å². The van der Waals surface area contributed by atoms with Gasteiger partial charge in [0.05, 0.1) is 11.7 Å². The Morgan fingerprint density at radius 1 is 1.60 bits per heavy atom. The summed E-state index contributed by atoms with van der Waals surface area (Å²) >= 11 is 0. The smallest absolute Gasteiger partial charge is 0.325 e. The number of carboxylic acids is 1. The number of aliphatic carboxylic acids is 1. The summed E-state index contributed by atoms with van der Waals surface area (Å²) in [4.78, 5) is 10.6. The fraction of sp³-hybridized carbons (Fsp3) is 0.200. The van der Waals surface area contributed by atoms with Crippen molar-refractivity contribution in [2.75, 3.05) is 5.32 Å². The van der Waals surface area contributed by atoms with E-state index in [9.17, 15) is 4.79 Å². The number of benzene rings is 1. The van der Waals surface area contributed by atoms with Gasteiger partial charge < -0.3 is 10.4 Å². The minimum atomic E-state index is -0.875. The summed E-state index contributed by atoms with van der Waals surface area (Å²) in [6.45, 7) is 1.60. The van der Waals surface area contributed by atoms with E-state index in [2.05, 4.69) is 15.5 Å². The van der Waals surface area contributed by atoms with E-state index in [1.807, 2.05) is 18.2 Å². The number of rotatable bonds is 3. The van der Waals surface area contributed by atoms with Gasteiger partial charge in [0.2, 0.25) is 0 Å². The van der Waals surface area contributed by atoms with Crippen LogP contribution in [-0.2, 0) is 4.79 Å². The van der Waals surface area contributed by atoms with Gasteiger partial charge in [-0.1, -0.05) is 0 Å². The predicted octanol–water partition coefficient (Wildman–Crippen LogP) is 1.45. The molecule has 0 saturated carbocycles. The van der Waals surface area contributed by atoms with Crippen LogP contribution in [0.1, 0.15) is 6.92 Å². The molecule has 0 aliphatic heterocycles. The van der Waals surface area contributed by atoms with Crippen LogP contribution in [0.2, 0.25) is 0 Å². The number of hydrogen-bond donors (Lipinski definition) is 3. The van der Waals surface area contributed by atoms with Crippen LogP contribution in [0.25, 0.3) is 10.9 Å². The van der Waals surface area contributed by atoms with E-state index < -0.39 is 12.0 Å². The average Bonchev–Trinajstić information content (AvgIpc) is 2.64. The maximum atomic E-state index is 10.6. The van der Waals surface area contributed by atoms with Gasteiger partial charge in [0.15, 0.2) is 0 Å². The molecular weight excluding hydrogens is 194 g/mol. The lowest BCUT2D eigenvalue weighted by molar-refractivity contribution is -0.137. The number of nitrogens with one attached hydrogen (secondary N) is 2. The van der Waals surface area contributed by atoms with Crippen LogP contribution >= 0.6 is 0 Å². The molecule has 5 heteroatoms. The topological polar surface area (TPSA) is 78.0 Å². The van der Waals surface area contributed by atoms with Crippen LogP contribution < -0.4 is 5.32 Å². The van der Waals surface area contributed by atoms with Gasteiger partial charge in [-0.2, -0.15) is 5.10 Å². The molecule has 0 amide bonds. The van der Waals surface area contributed by atoms with Crippen molar-refractivity contribution in [3.63, 3.8) is 0 Å². The predicted molar refractivity (Wildman–Crippen MR) is 56.8 cm³/mol. The number of fused-ring (bicyclic) bond motifs is 1. The number of H-pyrrole nitrogens is 1. The zero-order chi connectivity index (χ0) is 10.8. The summed E-state index contributed by atoms with van der Waals surface area (Å²) in [5, 5.41) is 19.3. The van der Waals surface area contributed by atoms with Crippen LogP contribution in [0, 0.1) is 0 Å². The Kier molecular flexibility index (Phi) is 2.29. The second-order valence-electron chi connectivity index (χ2n) is 3.38. The third-order valence-corrected chi connectivity index (χ3v) is 2.20. The van der Waals surface area contributed by atoms with Gasteiger partial charge in [0.25, 0.3) is 0 Å². The summed E-state index contributed by atoms with van der Waals surface area (Å²) < 4.78 is 0. The molecule has 1 heterocycles. The average molecular weight is 205 g/mol. The zero-order valence-electron chi connectivity index (χ0n) is 8.19. The largest absolute Gasteiger partial charge is 0.480 e. The van der Waals surface area contributed by atoms with Gasteiger partial charge in [0.1, 0.15) is 6.04 Å². The molecule has 15 heavy (non-hydrogen) atoms. The normalized spacial score (nSPS) is 12.6. The molecule has 0 spiro atoms. The molecule has 5 nitrogen and oxygen atoms in total. The van der Waals surface area contributed by atoms with Gasteiger partial charge in [-0.05, 0) is 25.1 Å². The number of carbonyl (C=O) groups is 1. The molecule has 1 aromatic heterocycles. The molecule has 78 valence electrons. The lowest BCUT2D eigenvalue weighted by atomic mass is 10.2. The third-order valence-electron chi connectivity index (χ3n) is 2.20. The van der Waals surface area contributed by atoms with Gasteiger partial charge in [-0.15, -0.1) is 0 Å². The van der Waals surface area contributed by atoms with Crippen molar-refractivity contribution in [3.8, 4) is 0 Å². The summed E-state index contributed by atoms with van der Waals surface area (Å²) in [5.74, 6) is -0.875. The van der Waals surface area contributed by atoms with Crippen molar-refractivity contribution >= 4 is 22.6 Å². The molecule has 1 unspecified atom stereocenters. The fourth-order valence-electron chi connectivity index (χ4n) is 1.34. The molecule has 0 bridgehead atoms. The Hall–Kier alpha value is -2.04. The van der Waals surface area contributed by atoms with Gasteiger partial charge in [0, 0.05) is 11.1 Å². The summed E-state index contributed by atoms with van der Waals surface area (Å²) in [6, 6.07) is 4.94. The lowest BCUT2D eigenvalue weighted by Gasteiger charge is -2.10. The zero-order valence-corrected chi connectivity index (χ0v) is 8.19.